The summed E-state index contributed by atoms with van der Waals surface area (Å²) in [4.78, 5) is 24.5. The number of carbonyl (C=O) groups is 2. The number of ketones is 1. The van der Waals surface area contributed by atoms with Gasteiger partial charge in [0, 0.05) is 18.9 Å². The molecule has 1 amide bonds. The molecule has 2 atom stereocenters. The SMILES string of the molecule is CC1CC1C(=O)N1CCCC(=O)C1. The topological polar surface area (TPSA) is 37.4 Å². The first-order valence-electron chi connectivity index (χ1n) is 4.99. The second-order valence-electron chi connectivity index (χ2n) is 4.22. The summed E-state index contributed by atoms with van der Waals surface area (Å²) in [7, 11) is 0. The lowest BCUT2D eigenvalue weighted by Crippen LogP contribution is -2.41. The molecule has 1 heterocycles. The van der Waals surface area contributed by atoms with E-state index >= 15 is 0 Å². The number of Topliss-reactive ketones (excluding diaryl/α,β-unsaturated/α-hetero) is 1. The Balaban J connectivity index is 1.92. The molecule has 0 aromatic heterocycles. The van der Waals surface area contributed by atoms with E-state index in [9.17, 15) is 9.59 Å². The molecule has 1 saturated carbocycles. The van der Waals surface area contributed by atoms with E-state index in [1.807, 2.05) is 0 Å². The maximum absolute atomic E-state index is 11.7. The minimum Gasteiger partial charge on any atom is -0.335 e. The Hall–Kier alpha value is -0.860. The van der Waals surface area contributed by atoms with Crippen LogP contribution in [-0.2, 0) is 9.59 Å². The van der Waals surface area contributed by atoms with Crippen molar-refractivity contribution in [1.29, 1.82) is 0 Å². The second kappa shape index (κ2) is 3.13. The summed E-state index contributed by atoms with van der Waals surface area (Å²) in [6.45, 7) is 3.24. The van der Waals surface area contributed by atoms with Gasteiger partial charge in [0.15, 0.2) is 5.78 Å². The van der Waals surface area contributed by atoms with Crippen molar-refractivity contribution in [3.8, 4) is 0 Å². The molecule has 2 rings (SSSR count). The number of hydrogen-bond donors (Lipinski definition) is 0. The summed E-state index contributed by atoms with van der Waals surface area (Å²) in [5.74, 6) is 1.20. The average Bonchev–Trinajstić information content (AvgIpc) is 2.81. The van der Waals surface area contributed by atoms with Crippen LogP contribution in [0.1, 0.15) is 26.2 Å². The van der Waals surface area contributed by atoms with Gasteiger partial charge in [0.05, 0.1) is 6.54 Å². The molecular formula is C10H15NO2. The van der Waals surface area contributed by atoms with Gasteiger partial charge in [-0.2, -0.15) is 0 Å². The molecule has 0 aromatic rings. The van der Waals surface area contributed by atoms with Gasteiger partial charge in [-0.1, -0.05) is 6.92 Å². The fraction of sp³-hybridized carbons (Fsp3) is 0.800. The Morgan fingerprint density at radius 3 is 2.77 bits per heavy atom. The highest BCUT2D eigenvalue weighted by Gasteiger charge is 2.42. The molecule has 0 spiro atoms. The van der Waals surface area contributed by atoms with Gasteiger partial charge >= 0.3 is 0 Å². The Morgan fingerprint density at radius 1 is 1.54 bits per heavy atom. The predicted octanol–water partition coefficient (Wildman–Crippen LogP) is 0.834. The third-order valence-corrected chi connectivity index (χ3v) is 2.99. The third-order valence-electron chi connectivity index (χ3n) is 2.99. The van der Waals surface area contributed by atoms with Gasteiger partial charge in [-0.3, -0.25) is 9.59 Å². The van der Waals surface area contributed by atoms with E-state index in [1.54, 1.807) is 4.90 Å². The molecule has 3 nitrogen and oxygen atoms in total. The van der Waals surface area contributed by atoms with Gasteiger partial charge in [0.2, 0.25) is 5.91 Å². The molecule has 1 saturated heterocycles. The molecule has 0 radical (unpaired) electrons. The maximum atomic E-state index is 11.7. The van der Waals surface area contributed by atoms with Crippen LogP contribution in [0.25, 0.3) is 0 Å². The zero-order chi connectivity index (χ0) is 9.42. The highest BCUT2D eigenvalue weighted by molar-refractivity contribution is 5.89. The summed E-state index contributed by atoms with van der Waals surface area (Å²) in [6.07, 6.45) is 2.53. The smallest absolute Gasteiger partial charge is 0.226 e. The van der Waals surface area contributed by atoms with Crippen LogP contribution in [0, 0.1) is 11.8 Å². The number of piperidine rings is 1. The number of hydrogen-bond acceptors (Lipinski definition) is 2. The summed E-state index contributed by atoms with van der Waals surface area (Å²) < 4.78 is 0. The number of rotatable bonds is 1. The summed E-state index contributed by atoms with van der Waals surface area (Å²) in [5, 5.41) is 0. The maximum Gasteiger partial charge on any atom is 0.226 e. The zero-order valence-electron chi connectivity index (χ0n) is 7.95. The van der Waals surface area contributed by atoms with Crippen LogP contribution in [-0.4, -0.2) is 29.7 Å². The van der Waals surface area contributed by atoms with Crippen LogP contribution in [0.3, 0.4) is 0 Å². The van der Waals surface area contributed by atoms with Crippen molar-refractivity contribution in [1.82, 2.24) is 4.90 Å². The van der Waals surface area contributed by atoms with Crippen LogP contribution in [0.2, 0.25) is 0 Å². The lowest BCUT2D eigenvalue weighted by atomic mass is 10.1. The quantitative estimate of drug-likeness (QED) is 0.601. The molecule has 0 aromatic carbocycles. The molecule has 2 unspecified atom stereocenters. The lowest BCUT2D eigenvalue weighted by Gasteiger charge is -2.25. The molecular weight excluding hydrogens is 166 g/mol. The summed E-state index contributed by atoms with van der Waals surface area (Å²) in [5.41, 5.74) is 0. The second-order valence-corrected chi connectivity index (χ2v) is 4.22. The number of likely N-dealkylation sites (tertiary alicyclic amines) is 1. The van der Waals surface area contributed by atoms with Crippen LogP contribution in [0.15, 0.2) is 0 Å². The first-order valence-corrected chi connectivity index (χ1v) is 4.99. The summed E-state index contributed by atoms with van der Waals surface area (Å²) in [6, 6.07) is 0. The molecule has 3 heteroatoms. The van der Waals surface area contributed by atoms with Gasteiger partial charge in [-0.25, -0.2) is 0 Å². The van der Waals surface area contributed by atoms with Crippen molar-refractivity contribution >= 4 is 11.7 Å². The fourth-order valence-corrected chi connectivity index (χ4v) is 1.93. The number of amides is 1. The molecule has 2 aliphatic rings. The Labute approximate surface area is 78.1 Å². The third kappa shape index (κ3) is 1.74. The highest BCUT2D eigenvalue weighted by Crippen LogP contribution is 2.39. The van der Waals surface area contributed by atoms with E-state index in [2.05, 4.69) is 6.92 Å². The summed E-state index contributed by atoms with van der Waals surface area (Å²) >= 11 is 0. The van der Waals surface area contributed by atoms with Gasteiger partial charge in [-0.15, -0.1) is 0 Å². The largest absolute Gasteiger partial charge is 0.335 e. The number of carbonyl (C=O) groups excluding carboxylic acids is 2. The minimum absolute atomic E-state index is 0.209. The Bertz CT molecular complexity index is 249. The van der Waals surface area contributed by atoms with Crippen molar-refractivity contribution in [2.45, 2.75) is 26.2 Å². The molecule has 13 heavy (non-hydrogen) atoms. The number of nitrogens with zero attached hydrogens (tertiary/aromatic N) is 1. The van der Waals surface area contributed by atoms with Crippen molar-refractivity contribution in [2.24, 2.45) is 11.8 Å². The highest BCUT2D eigenvalue weighted by atomic mass is 16.2. The van der Waals surface area contributed by atoms with E-state index in [0.717, 1.165) is 19.4 Å². The molecule has 72 valence electrons. The molecule has 1 aliphatic heterocycles. The van der Waals surface area contributed by atoms with Crippen LogP contribution < -0.4 is 0 Å². The van der Waals surface area contributed by atoms with Crippen LogP contribution in [0.5, 0.6) is 0 Å². The molecule has 1 aliphatic carbocycles. The standard InChI is InChI=1S/C10H15NO2/c1-7-5-9(7)10(13)11-4-2-3-8(12)6-11/h7,9H,2-6H2,1H3. The van der Waals surface area contributed by atoms with Gasteiger partial charge in [0.1, 0.15) is 0 Å². The average molecular weight is 181 g/mol. The normalized spacial score (nSPS) is 33.3. The Morgan fingerprint density at radius 2 is 2.23 bits per heavy atom. The van der Waals surface area contributed by atoms with E-state index in [-0.39, 0.29) is 17.6 Å². The van der Waals surface area contributed by atoms with Crippen LogP contribution >= 0.6 is 0 Å². The molecule has 0 bridgehead atoms. The van der Waals surface area contributed by atoms with E-state index < -0.39 is 0 Å². The lowest BCUT2D eigenvalue weighted by molar-refractivity contribution is -0.138. The monoisotopic (exact) mass is 181 g/mol. The van der Waals surface area contributed by atoms with Crippen LogP contribution in [0.4, 0.5) is 0 Å². The van der Waals surface area contributed by atoms with Crippen molar-refractivity contribution in [3.63, 3.8) is 0 Å². The van der Waals surface area contributed by atoms with Crippen molar-refractivity contribution in [2.75, 3.05) is 13.1 Å². The van der Waals surface area contributed by atoms with E-state index in [4.69, 9.17) is 0 Å². The van der Waals surface area contributed by atoms with E-state index in [1.165, 1.54) is 0 Å². The van der Waals surface area contributed by atoms with E-state index in [0.29, 0.717) is 18.9 Å². The minimum atomic E-state index is 0.209. The van der Waals surface area contributed by atoms with Gasteiger partial charge in [0.25, 0.3) is 0 Å². The first-order chi connectivity index (χ1) is 6.18. The van der Waals surface area contributed by atoms with Crippen molar-refractivity contribution < 1.29 is 9.59 Å². The Kier molecular flexibility index (Phi) is 2.10. The zero-order valence-corrected chi connectivity index (χ0v) is 7.95. The van der Waals surface area contributed by atoms with Gasteiger partial charge in [-0.05, 0) is 18.8 Å². The predicted molar refractivity (Wildman–Crippen MR) is 48.1 cm³/mol. The van der Waals surface area contributed by atoms with Crippen molar-refractivity contribution in [3.05, 3.63) is 0 Å². The molecule has 0 N–H and O–H groups in total. The first kappa shape index (κ1) is 8.73. The fourth-order valence-electron chi connectivity index (χ4n) is 1.93. The molecule has 2 fully saturated rings. The van der Waals surface area contributed by atoms with Gasteiger partial charge < -0.3 is 4.90 Å².